The Labute approximate surface area is 96.7 Å². The van der Waals surface area contributed by atoms with Crippen molar-refractivity contribution in [1.29, 1.82) is 0 Å². The Bertz CT molecular complexity index is 547. The Morgan fingerprint density at radius 3 is 2.65 bits per heavy atom. The van der Waals surface area contributed by atoms with E-state index in [4.69, 9.17) is 0 Å². The van der Waals surface area contributed by atoms with E-state index in [0.717, 1.165) is 5.56 Å². The van der Waals surface area contributed by atoms with E-state index in [1.807, 2.05) is 0 Å². The number of hydrogen-bond donors (Lipinski definition) is 0. The van der Waals surface area contributed by atoms with Gasteiger partial charge < -0.3 is 0 Å². The van der Waals surface area contributed by atoms with Crippen LogP contribution in [0.5, 0.6) is 0 Å². The fraction of sp³-hybridized carbons (Fsp3) is 0.250. The topological polar surface area (TPSA) is 17.8 Å². The first kappa shape index (κ1) is 11.7. The summed E-state index contributed by atoms with van der Waals surface area (Å²) in [7, 11) is 1.53. The molecular weight excluding hydrogens is 229 g/mol. The lowest BCUT2D eigenvalue weighted by atomic mass is 10.1. The molecule has 2 aromatic rings. The van der Waals surface area contributed by atoms with Crippen LogP contribution in [0, 0.1) is 12.7 Å². The van der Waals surface area contributed by atoms with Crippen molar-refractivity contribution in [3.05, 3.63) is 41.3 Å². The van der Waals surface area contributed by atoms with Crippen molar-refractivity contribution in [3.8, 4) is 11.3 Å². The Balaban J connectivity index is 2.63. The third-order valence-corrected chi connectivity index (χ3v) is 2.47. The van der Waals surface area contributed by atoms with Gasteiger partial charge in [0.05, 0.1) is 5.56 Å². The summed E-state index contributed by atoms with van der Waals surface area (Å²) < 4.78 is 40.4. The number of rotatable bonds is 2. The Morgan fingerprint density at radius 2 is 2.00 bits per heavy atom. The fourth-order valence-corrected chi connectivity index (χ4v) is 1.70. The van der Waals surface area contributed by atoms with Crippen LogP contribution in [0.1, 0.15) is 17.6 Å². The molecule has 90 valence electrons. The van der Waals surface area contributed by atoms with Crippen molar-refractivity contribution >= 4 is 0 Å². The lowest BCUT2D eigenvalue weighted by molar-refractivity contribution is 0.152. The summed E-state index contributed by atoms with van der Waals surface area (Å²) >= 11 is 0. The Hall–Kier alpha value is -1.78. The number of alkyl halides is 2. The van der Waals surface area contributed by atoms with Crippen molar-refractivity contribution in [2.24, 2.45) is 7.05 Å². The zero-order valence-corrected chi connectivity index (χ0v) is 9.42. The number of nitrogens with zero attached hydrogens (tertiary/aromatic N) is 2. The summed E-state index contributed by atoms with van der Waals surface area (Å²) in [5, 5.41) is 3.90. The third kappa shape index (κ3) is 2.18. The van der Waals surface area contributed by atoms with Crippen LogP contribution in [0.2, 0.25) is 0 Å². The van der Waals surface area contributed by atoms with Crippen LogP contribution < -0.4 is 0 Å². The van der Waals surface area contributed by atoms with Gasteiger partial charge in [-0.1, -0.05) is 11.6 Å². The van der Waals surface area contributed by atoms with Crippen LogP contribution in [0.25, 0.3) is 11.3 Å². The maximum Gasteiger partial charge on any atom is 0.267 e. The van der Waals surface area contributed by atoms with Crippen LogP contribution in [-0.4, -0.2) is 9.78 Å². The zero-order chi connectivity index (χ0) is 12.6. The standard InChI is InChI=1S/C12H11F3N2/c1-7-3-4-10(13)8(5-7)11-9(12(14)15)6-17(2)16-11/h3-6,12H,1-2H3. The Morgan fingerprint density at radius 1 is 1.29 bits per heavy atom. The molecule has 2 nitrogen and oxygen atoms in total. The lowest BCUT2D eigenvalue weighted by Crippen LogP contribution is -1.92. The monoisotopic (exact) mass is 240 g/mol. The van der Waals surface area contributed by atoms with Gasteiger partial charge in [-0.05, 0) is 19.1 Å². The number of aryl methyl sites for hydroxylation is 2. The number of halogens is 3. The molecule has 5 heteroatoms. The summed E-state index contributed by atoms with van der Waals surface area (Å²) in [6.45, 7) is 1.77. The van der Waals surface area contributed by atoms with Crippen molar-refractivity contribution in [2.75, 3.05) is 0 Å². The van der Waals surface area contributed by atoms with Crippen LogP contribution >= 0.6 is 0 Å². The van der Waals surface area contributed by atoms with E-state index in [0.29, 0.717) is 0 Å². The van der Waals surface area contributed by atoms with Gasteiger partial charge in [0.1, 0.15) is 11.5 Å². The third-order valence-electron chi connectivity index (χ3n) is 2.47. The van der Waals surface area contributed by atoms with E-state index < -0.39 is 12.2 Å². The predicted octanol–water partition coefficient (Wildman–Crippen LogP) is 3.47. The summed E-state index contributed by atoms with van der Waals surface area (Å²) in [5.74, 6) is -0.545. The highest BCUT2D eigenvalue weighted by Gasteiger charge is 2.20. The van der Waals surface area contributed by atoms with E-state index in [-0.39, 0.29) is 16.8 Å². The van der Waals surface area contributed by atoms with E-state index in [9.17, 15) is 13.2 Å². The molecule has 0 bridgehead atoms. The molecule has 0 amide bonds. The summed E-state index contributed by atoms with van der Waals surface area (Å²) in [6.07, 6.45) is -1.46. The van der Waals surface area contributed by atoms with Crippen LogP contribution in [0.15, 0.2) is 24.4 Å². The van der Waals surface area contributed by atoms with Crippen molar-refractivity contribution < 1.29 is 13.2 Å². The molecule has 0 aliphatic heterocycles. The van der Waals surface area contributed by atoms with Crippen molar-refractivity contribution in [2.45, 2.75) is 13.3 Å². The smallest absolute Gasteiger partial charge is 0.267 e. The molecule has 0 aliphatic rings. The highest BCUT2D eigenvalue weighted by molar-refractivity contribution is 5.64. The van der Waals surface area contributed by atoms with Gasteiger partial charge in [0.2, 0.25) is 0 Å². The van der Waals surface area contributed by atoms with E-state index in [1.54, 1.807) is 13.0 Å². The minimum atomic E-state index is -2.67. The van der Waals surface area contributed by atoms with Gasteiger partial charge in [-0.15, -0.1) is 0 Å². The predicted molar refractivity (Wildman–Crippen MR) is 58.3 cm³/mol. The minimum Gasteiger partial charge on any atom is -0.275 e. The van der Waals surface area contributed by atoms with Gasteiger partial charge in [-0.3, -0.25) is 4.68 Å². The second-order valence-electron chi connectivity index (χ2n) is 3.89. The van der Waals surface area contributed by atoms with Gasteiger partial charge in [-0.25, -0.2) is 13.2 Å². The molecular formula is C12H11F3N2. The molecule has 0 aliphatic carbocycles. The first-order valence-electron chi connectivity index (χ1n) is 5.07. The number of hydrogen-bond acceptors (Lipinski definition) is 1. The first-order chi connectivity index (χ1) is 7.99. The highest BCUT2D eigenvalue weighted by atomic mass is 19.3. The average molecular weight is 240 g/mol. The summed E-state index contributed by atoms with van der Waals surface area (Å²) in [5.41, 5.74) is 0.661. The van der Waals surface area contributed by atoms with E-state index in [2.05, 4.69) is 5.10 Å². The zero-order valence-electron chi connectivity index (χ0n) is 9.42. The number of aromatic nitrogens is 2. The van der Waals surface area contributed by atoms with E-state index in [1.165, 1.54) is 30.1 Å². The maximum absolute atomic E-state index is 13.6. The molecule has 0 saturated heterocycles. The molecule has 0 unspecified atom stereocenters. The molecule has 2 rings (SSSR count). The van der Waals surface area contributed by atoms with Gasteiger partial charge in [0.25, 0.3) is 6.43 Å². The summed E-state index contributed by atoms with van der Waals surface area (Å²) in [4.78, 5) is 0. The molecule has 0 spiro atoms. The molecule has 1 heterocycles. The molecule has 0 radical (unpaired) electrons. The molecule has 0 saturated carbocycles. The highest BCUT2D eigenvalue weighted by Crippen LogP contribution is 2.31. The summed E-state index contributed by atoms with van der Waals surface area (Å²) in [6, 6.07) is 4.36. The van der Waals surface area contributed by atoms with Crippen LogP contribution in [0.3, 0.4) is 0 Å². The quantitative estimate of drug-likeness (QED) is 0.785. The minimum absolute atomic E-state index is 0.00343. The fourth-order valence-electron chi connectivity index (χ4n) is 1.70. The molecule has 17 heavy (non-hydrogen) atoms. The molecule has 0 fully saturated rings. The van der Waals surface area contributed by atoms with Gasteiger partial charge >= 0.3 is 0 Å². The Kier molecular flexibility index (Phi) is 2.92. The van der Waals surface area contributed by atoms with Crippen LogP contribution in [0.4, 0.5) is 13.2 Å². The molecule has 0 atom stereocenters. The van der Waals surface area contributed by atoms with Crippen LogP contribution in [-0.2, 0) is 7.05 Å². The maximum atomic E-state index is 13.6. The van der Waals surface area contributed by atoms with Gasteiger partial charge in [0, 0.05) is 18.8 Å². The lowest BCUT2D eigenvalue weighted by Gasteiger charge is -2.04. The van der Waals surface area contributed by atoms with E-state index >= 15 is 0 Å². The normalized spacial score (nSPS) is 11.2. The molecule has 1 aromatic heterocycles. The number of benzene rings is 1. The molecule has 1 aromatic carbocycles. The van der Waals surface area contributed by atoms with Gasteiger partial charge in [-0.2, -0.15) is 5.10 Å². The van der Waals surface area contributed by atoms with Crippen molar-refractivity contribution in [1.82, 2.24) is 9.78 Å². The second kappa shape index (κ2) is 4.24. The SMILES string of the molecule is Cc1ccc(F)c(-c2nn(C)cc2C(F)F)c1. The second-order valence-corrected chi connectivity index (χ2v) is 3.89. The largest absolute Gasteiger partial charge is 0.275 e. The first-order valence-corrected chi connectivity index (χ1v) is 5.07. The van der Waals surface area contributed by atoms with Gasteiger partial charge in [0.15, 0.2) is 0 Å². The average Bonchev–Trinajstić information content (AvgIpc) is 2.64. The molecule has 0 N–H and O–H groups in total. The van der Waals surface area contributed by atoms with Crippen molar-refractivity contribution in [3.63, 3.8) is 0 Å².